The van der Waals surface area contributed by atoms with Crippen molar-refractivity contribution >= 4 is 9.04 Å². The highest BCUT2D eigenvalue weighted by molar-refractivity contribution is 6.50. The summed E-state index contributed by atoms with van der Waals surface area (Å²) in [5.41, 5.74) is 2.78. The lowest BCUT2D eigenvalue weighted by Crippen LogP contribution is -2.26. The molecule has 0 radical (unpaired) electrons. The van der Waals surface area contributed by atoms with E-state index in [4.69, 9.17) is 9.16 Å². The Balaban J connectivity index is 1.88. The summed E-state index contributed by atoms with van der Waals surface area (Å²) in [4.78, 5) is 0. The van der Waals surface area contributed by atoms with Gasteiger partial charge >= 0.3 is 0 Å². The summed E-state index contributed by atoms with van der Waals surface area (Å²) in [5.74, 6) is 0. The Labute approximate surface area is 135 Å². The van der Waals surface area contributed by atoms with Crippen molar-refractivity contribution in [1.29, 1.82) is 0 Å². The van der Waals surface area contributed by atoms with Gasteiger partial charge in [-0.1, -0.05) is 60.7 Å². The van der Waals surface area contributed by atoms with Crippen LogP contribution in [-0.2, 0) is 21.3 Å². The molecule has 0 heterocycles. The fraction of sp³-hybridized carbons (Fsp3) is 0.368. The van der Waals surface area contributed by atoms with Crippen LogP contribution in [0.2, 0.25) is 0 Å². The van der Waals surface area contributed by atoms with Crippen molar-refractivity contribution in [3.05, 3.63) is 71.8 Å². The molecule has 0 spiro atoms. The third-order valence-corrected chi connectivity index (χ3v) is 6.16. The van der Waals surface area contributed by atoms with Crippen molar-refractivity contribution in [2.45, 2.75) is 25.4 Å². The van der Waals surface area contributed by atoms with E-state index < -0.39 is 9.04 Å². The molecule has 118 valence electrons. The zero-order chi connectivity index (χ0) is 15.5. The average molecular weight is 315 g/mol. The minimum absolute atomic E-state index is 0.787. The van der Waals surface area contributed by atoms with Gasteiger partial charge in [0, 0.05) is 19.8 Å². The Morgan fingerprint density at radius 3 is 1.82 bits per heavy atom. The van der Waals surface area contributed by atoms with E-state index in [0.717, 1.165) is 38.3 Å². The zero-order valence-electron chi connectivity index (χ0n) is 13.4. The minimum Gasteiger partial charge on any atom is -0.419 e. The van der Waals surface area contributed by atoms with Crippen LogP contribution in [0, 0.1) is 0 Å². The zero-order valence-corrected chi connectivity index (χ0v) is 14.6. The summed E-state index contributed by atoms with van der Waals surface area (Å²) < 4.78 is 11.6. The highest BCUT2D eigenvalue weighted by atomic mass is 28.3. The van der Waals surface area contributed by atoms with E-state index in [0.29, 0.717) is 0 Å². The second-order valence-corrected chi connectivity index (χ2v) is 7.82. The van der Waals surface area contributed by atoms with Gasteiger partial charge in [-0.3, -0.25) is 0 Å². The first-order valence-electron chi connectivity index (χ1n) is 8.15. The summed E-state index contributed by atoms with van der Waals surface area (Å²) in [7, 11) is -1.29. The largest absolute Gasteiger partial charge is 0.419 e. The molecule has 2 aromatic carbocycles. The summed E-state index contributed by atoms with van der Waals surface area (Å²) in [5, 5.41) is 0. The van der Waals surface area contributed by atoms with E-state index in [-0.39, 0.29) is 0 Å². The van der Waals surface area contributed by atoms with Gasteiger partial charge in [0.05, 0.1) is 0 Å². The van der Waals surface area contributed by atoms with Crippen molar-refractivity contribution in [2.24, 2.45) is 0 Å². The van der Waals surface area contributed by atoms with Gasteiger partial charge in [0.2, 0.25) is 0 Å². The van der Waals surface area contributed by atoms with Crippen LogP contribution < -0.4 is 0 Å². The van der Waals surface area contributed by atoms with E-state index in [2.05, 4.69) is 60.7 Å². The Hall–Kier alpha value is -1.42. The summed E-state index contributed by atoms with van der Waals surface area (Å²) >= 11 is 0. The third-order valence-electron chi connectivity index (χ3n) is 3.60. The van der Waals surface area contributed by atoms with E-state index in [1.807, 2.05) is 6.92 Å². The molecule has 3 heteroatoms. The quantitative estimate of drug-likeness (QED) is 0.491. The van der Waals surface area contributed by atoms with Crippen LogP contribution in [0.25, 0.3) is 0 Å². The molecule has 2 rings (SSSR count). The standard InChI is InChI=1S/C19H26O2Si/c1-2-20-14-9-15-21-22(16-18-10-5-3-6-11-18)17-19-12-7-4-8-13-19/h3-8,10-13,22H,2,9,14-17H2,1H3. The van der Waals surface area contributed by atoms with Crippen LogP contribution in [0.15, 0.2) is 60.7 Å². The van der Waals surface area contributed by atoms with Crippen LogP contribution in [0.4, 0.5) is 0 Å². The maximum Gasteiger partial charge on any atom is 0.185 e. The van der Waals surface area contributed by atoms with E-state index in [1.54, 1.807) is 0 Å². The van der Waals surface area contributed by atoms with Crippen LogP contribution in [0.5, 0.6) is 0 Å². The molecular formula is C19H26O2Si. The van der Waals surface area contributed by atoms with Gasteiger partial charge in [0.25, 0.3) is 0 Å². The monoisotopic (exact) mass is 314 g/mol. The highest BCUT2D eigenvalue weighted by Gasteiger charge is 2.14. The Bertz CT molecular complexity index is 460. The second kappa shape index (κ2) is 10.3. The maximum absolute atomic E-state index is 6.26. The molecule has 2 aromatic rings. The van der Waals surface area contributed by atoms with Crippen LogP contribution in [0.1, 0.15) is 24.5 Å². The predicted octanol–water partition coefficient (Wildman–Crippen LogP) is 3.72. The smallest absolute Gasteiger partial charge is 0.185 e. The molecule has 2 nitrogen and oxygen atoms in total. The van der Waals surface area contributed by atoms with Crippen molar-refractivity contribution < 1.29 is 9.16 Å². The van der Waals surface area contributed by atoms with E-state index in [9.17, 15) is 0 Å². The highest BCUT2D eigenvalue weighted by Crippen LogP contribution is 2.10. The summed E-state index contributed by atoms with van der Waals surface area (Å²) in [6.45, 7) is 4.43. The molecule has 0 saturated carbocycles. The van der Waals surface area contributed by atoms with Crippen molar-refractivity contribution in [3.63, 3.8) is 0 Å². The molecule has 0 aromatic heterocycles. The van der Waals surface area contributed by atoms with E-state index >= 15 is 0 Å². The van der Waals surface area contributed by atoms with Crippen LogP contribution in [0.3, 0.4) is 0 Å². The number of ether oxygens (including phenoxy) is 1. The molecule has 0 aliphatic rings. The van der Waals surface area contributed by atoms with E-state index in [1.165, 1.54) is 11.1 Å². The normalized spacial score (nSPS) is 11.0. The lowest BCUT2D eigenvalue weighted by atomic mass is 10.2. The molecule has 0 unspecified atom stereocenters. The molecule has 0 aliphatic heterocycles. The van der Waals surface area contributed by atoms with Gasteiger partial charge in [0.1, 0.15) is 0 Å². The fourth-order valence-corrected chi connectivity index (χ4v) is 4.98. The molecule has 0 fully saturated rings. The molecule has 0 atom stereocenters. The number of rotatable bonds is 10. The Kier molecular flexibility index (Phi) is 7.95. The minimum atomic E-state index is -1.29. The Morgan fingerprint density at radius 1 is 0.773 bits per heavy atom. The number of hydrogen-bond donors (Lipinski definition) is 0. The fourth-order valence-electron chi connectivity index (χ4n) is 2.50. The molecule has 0 aliphatic carbocycles. The first-order valence-corrected chi connectivity index (χ1v) is 10.3. The van der Waals surface area contributed by atoms with Crippen molar-refractivity contribution in [3.8, 4) is 0 Å². The average Bonchev–Trinajstić information content (AvgIpc) is 2.56. The number of hydrogen-bond acceptors (Lipinski definition) is 2. The maximum atomic E-state index is 6.26. The molecule has 22 heavy (non-hydrogen) atoms. The van der Waals surface area contributed by atoms with Gasteiger partial charge in [-0.2, -0.15) is 0 Å². The van der Waals surface area contributed by atoms with Crippen molar-refractivity contribution in [1.82, 2.24) is 0 Å². The van der Waals surface area contributed by atoms with Crippen molar-refractivity contribution in [2.75, 3.05) is 19.8 Å². The third kappa shape index (κ3) is 6.56. The SMILES string of the molecule is CCOCCCO[SiH](Cc1ccccc1)Cc1ccccc1. The topological polar surface area (TPSA) is 18.5 Å². The lowest BCUT2D eigenvalue weighted by Gasteiger charge is -2.17. The lowest BCUT2D eigenvalue weighted by molar-refractivity contribution is 0.130. The van der Waals surface area contributed by atoms with Crippen LogP contribution in [-0.4, -0.2) is 28.9 Å². The van der Waals surface area contributed by atoms with Gasteiger partial charge in [-0.15, -0.1) is 0 Å². The number of benzene rings is 2. The first kappa shape index (κ1) is 16.9. The molecule has 0 bridgehead atoms. The molecule has 0 saturated heterocycles. The molecule has 0 amide bonds. The predicted molar refractivity (Wildman–Crippen MR) is 94.5 cm³/mol. The first-order chi connectivity index (χ1) is 10.9. The van der Waals surface area contributed by atoms with Gasteiger partial charge in [0.15, 0.2) is 9.04 Å². The van der Waals surface area contributed by atoms with Crippen LogP contribution >= 0.6 is 0 Å². The summed E-state index contributed by atoms with van der Waals surface area (Å²) in [6, 6.07) is 23.6. The van der Waals surface area contributed by atoms with Gasteiger partial charge in [-0.25, -0.2) is 0 Å². The molecule has 0 N–H and O–H groups in total. The van der Waals surface area contributed by atoms with Gasteiger partial charge < -0.3 is 9.16 Å². The Morgan fingerprint density at radius 2 is 1.32 bits per heavy atom. The summed E-state index contributed by atoms with van der Waals surface area (Å²) in [6.07, 6.45) is 0.987. The van der Waals surface area contributed by atoms with Gasteiger partial charge in [-0.05, 0) is 36.6 Å². The molecular weight excluding hydrogens is 288 g/mol. The second-order valence-electron chi connectivity index (χ2n) is 5.42.